The van der Waals surface area contributed by atoms with E-state index in [2.05, 4.69) is 4.74 Å². The highest BCUT2D eigenvalue weighted by atomic mass is 19.4. The summed E-state index contributed by atoms with van der Waals surface area (Å²) in [6, 6.07) is 8.45. The van der Waals surface area contributed by atoms with Crippen LogP contribution in [0.15, 0.2) is 40.8 Å². The molecule has 0 aliphatic carbocycles. The minimum absolute atomic E-state index is 0.298. The quantitative estimate of drug-likeness (QED) is 0.929. The number of rotatable bonds is 4. The van der Waals surface area contributed by atoms with Crippen molar-refractivity contribution in [2.24, 2.45) is 5.73 Å². The molecule has 1 aromatic carbocycles. The second-order valence-electron chi connectivity index (χ2n) is 4.26. The van der Waals surface area contributed by atoms with Gasteiger partial charge in [0, 0.05) is 6.42 Å². The van der Waals surface area contributed by atoms with Crippen LogP contribution in [0.3, 0.4) is 0 Å². The molecule has 0 saturated carbocycles. The van der Waals surface area contributed by atoms with Crippen LogP contribution in [0, 0.1) is 0 Å². The molecule has 6 heteroatoms. The molecule has 2 N–H and O–H groups in total. The van der Waals surface area contributed by atoms with Crippen LogP contribution in [0.5, 0.6) is 5.75 Å². The first-order valence-corrected chi connectivity index (χ1v) is 6.09. The zero-order valence-electron chi connectivity index (χ0n) is 10.8. The molecular weight excluding hydrogens is 271 g/mol. The normalized spacial score (nSPS) is 13.2. The van der Waals surface area contributed by atoms with Gasteiger partial charge in [0.2, 0.25) is 0 Å². The van der Waals surface area contributed by atoms with E-state index < -0.39 is 12.4 Å². The van der Waals surface area contributed by atoms with E-state index in [9.17, 15) is 13.2 Å². The van der Waals surface area contributed by atoms with Crippen molar-refractivity contribution in [2.45, 2.75) is 25.7 Å². The molecule has 0 spiro atoms. The average molecular weight is 285 g/mol. The van der Waals surface area contributed by atoms with Crippen LogP contribution in [0.25, 0.3) is 0 Å². The molecule has 3 nitrogen and oxygen atoms in total. The van der Waals surface area contributed by atoms with Crippen LogP contribution in [0.1, 0.15) is 30.0 Å². The second kappa shape index (κ2) is 5.58. The smallest absolute Gasteiger partial charge is 0.464 e. The molecule has 0 aliphatic rings. The SMILES string of the molecule is CCc1ccc(C(N)c2cccc(OC(F)(F)F)c2)o1. The lowest BCUT2D eigenvalue weighted by atomic mass is 10.1. The Morgan fingerprint density at radius 2 is 2.00 bits per heavy atom. The number of nitrogens with two attached hydrogens (primary N) is 1. The van der Waals surface area contributed by atoms with Crippen molar-refractivity contribution >= 4 is 0 Å². The summed E-state index contributed by atoms with van der Waals surface area (Å²) in [7, 11) is 0. The molecule has 108 valence electrons. The molecule has 0 fully saturated rings. The summed E-state index contributed by atoms with van der Waals surface area (Å²) in [4.78, 5) is 0. The van der Waals surface area contributed by atoms with Gasteiger partial charge in [0.15, 0.2) is 0 Å². The topological polar surface area (TPSA) is 48.4 Å². The van der Waals surface area contributed by atoms with Gasteiger partial charge in [0.25, 0.3) is 0 Å². The Kier molecular flexibility index (Phi) is 4.04. The predicted octanol–water partition coefficient (Wildman–Crippen LogP) is 3.79. The van der Waals surface area contributed by atoms with Crippen LogP contribution in [-0.2, 0) is 6.42 Å². The minimum atomic E-state index is -4.72. The van der Waals surface area contributed by atoms with Crippen molar-refractivity contribution in [2.75, 3.05) is 0 Å². The van der Waals surface area contributed by atoms with Crippen molar-refractivity contribution in [3.05, 3.63) is 53.5 Å². The molecule has 0 aliphatic heterocycles. The second-order valence-corrected chi connectivity index (χ2v) is 4.26. The van der Waals surface area contributed by atoms with Gasteiger partial charge >= 0.3 is 6.36 Å². The predicted molar refractivity (Wildman–Crippen MR) is 67.2 cm³/mol. The van der Waals surface area contributed by atoms with Gasteiger partial charge in [-0.15, -0.1) is 13.2 Å². The van der Waals surface area contributed by atoms with E-state index in [4.69, 9.17) is 10.2 Å². The number of benzene rings is 1. The molecular formula is C14H14F3NO2. The van der Waals surface area contributed by atoms with Crippen LogP contribution in [0.4, 0.5) is 13.2 Å². The van der Waals surface area contributed by atoms with Crippen LogP contribution in [-0.4, -0.2) is 6.36 Å². The maximum absolute atomic E-state index is 12.2. The largest absolute Gasteiger partial charge is 0.573 e. The summed E-state index contributed by atoms with van der Waals surface area (Å²) < 4.78 is 45.9. The third-order valence-electron chi connectivity index (χ3n) is 2.79. The number of halogens is 3. The summed E-state index contributed by atoms with van der Waals surface area (Å²) in [5, 5.41) is 0. The van der Waals surface area contributed by atoms with Gasteiger partial charge in [-0.3, -0.25) is 0 Å². The van der Waals surface area contributed by atoms with Crippen LogP contribution >= 0.6 is 0 Å². The maximum atomic E-state index is 12.2. The van der Waals surface area contributed by atoms with Crippen molar-refractivity contribution in [3.8, 4) is 5.75 Å². The fraction of sp³-hybridized carbons (Fsp3) is 0.286. The lowest BCUT2D eigenvalue weighted by Crippen LogP contribution is -2.18. The summed E-state index contributed by atoms with van der Waals surface area (Å²) >= 11 is 0. The minimum Gasteiger partial charge on any atom is -0.464 e. The number of aryl methyl sites for hydroxylation is 1. The summed E-state index contributed by atoms with van der Waals surface area (Å²) in [6.07, 6.45) is -3.99. The Labute approximate surface area is 114 Å². The summed E-state index contributed by atoms with van der Waals surface area (Å²) in [5.41, 5.74) is 6.48. The first kappa shape index (κ1) is 14.5. The Balaban J connectivity index is 2.21. The van der Waals surface area contributed by atoms with Gasteiger partial charge in [-0.25, -0.2) is 0 Å². The third kappa shape index (κ3) is 3.54. The molecule has 1 atom stereocenters. The number of hydrogen-bond donors (Lipinski definition) is 1. The monoisotopic (exact) mass is 285 g/mol. The van der Waals surface area contributed by atoms with E-state index in [1.54, 1.807) is 18.2 Å². The van der Waals surface area contributed by atoms with E-state index in [-0.39, 0.29) is 5.75 Å². The van der Waals surface area contributed by atoms with Gasteiger partial charge in [-0.1, -0.05) is 19.1 Å². The fourth-order valence-corrected chi connectivity index (χ4v) is 1.82. The van der Waals surface area contributed by atoms with Gasteiger partial charge in [0.1, 0.15) is 17.3 Å². The lowest BCUT2D eigenvalue weighted by Gasteiger charge is -2.13. The zero-order valence-corrected chi connectivity index (χ0v) is 10.8. The Morgan fingerprint density at radius 1 is 1.25 bits per heavy atom. The molecule has 0 amide bonds. The van der Waals surface area contributed by atoms with E-state index in [1.165, 1.54) is 18.2 Å². The standard InChI is InChI=1S/C14H14F3NO2/c1-2-10-6-7-12(19-10)13(18)9-4-3-5-11(8-9)20-14(15,16)17/h3-8,13H,2,18H2,1H3. The van der Waals surface area contributed by atoms with Crippen LogP contribution in [0.2, 0.25) is 0 Å². The van der Waals surface area contributed by atoms with Gasteiger partial charge < -0.3 is 14.9 Å². The van der Waals surface area contributed by atoms with Crippen molar-refractivity contribution in [1.29, 1.82) is 0 Å². The Bertz CT molecular complexity index is 578. The van der Waals surface area contributed by atoms with Gasteiger partial charge in [-0.05, 0) is 29.8 Å². The molecule has 1 heterocycles. The van der Waals surface area contributed by atoms with Gasteiger partial charge in [-0.2, -0.15) is 0 Å². The van der Waals surface area contributed by atoms with E-state index >= 15 is 0 Å². The van der Waals surface area contributed by atoms with Crippen molar-refractivity contribution < 1.29 is 22.3 Å². The molecule has 0 bridgehead atoms. The molecule has 2 aromatic rings. The first-order valence-electron chi connectivity index (χ1n) is 6.09. The number of hydrogen-bond acceptors (Lipinski definition) is 3. The highest BCUT2D eigenvalue weighted by molar-refractivity contribution is 5.34. The average Bonchev–Trinajstić information content (AvgIpc) is 2.85. The molecule has 2 rings (SSSR count). The van der Waals surface area contributed by atoms with Crippen LogP contribution < -0.4 is 10.5 Å². The number of furan rings is 1. The van der Waals surface area contributed by atoms with Gasteiger partial charge in [0.05, 0.1) is 6.04 Å². The molecule has 20 heavy (non-hydrogen) atoms. The van der Waals surface area contributed by atoms with E-state index in [0.717, 1.165) is 12.2 Å². The third-order valence-corrected chi connectivity index (χ3v) is 2.79. The fourth-order valence-electron chi connectivity index (χ4n) is 1.82. The van der Waals surface area contributed by atoms with Crippen molar-refractivity contribution in [3.63, 3.8) is 0 Å². The lowest BCUT2D eigenvalue weighted by molar-refractivity contribution is -0.274. The summed E-state index contributed by atoms with van der Waals surface area (Å²) in [5.74, 6) is 0.983. The van der Waals surface area contributed by atoms with E-state index in [1.807, 2.05) is 6.92 Å². The molecule has 1 aromatic heterocycles. The first-order chi connectivity index (χ1) is 9.39. The van der Waals surface area contributed by atoms with Crippen molar-refractivity contribution in [1.82, 2.24) is 0 Å². The summed E-state index contributed by atoms with van der Waals surface area (Å²) in [6.45, 7) is 1.94. The molecule has 1 unspecified atom stereocenters. The Morgan fingerprint density at radius 3 is 2.60 bits per heavy atom. The zero-order chi connectivity index (χ0) is 14.8. The Hall–Kier alpha value is -1.95. The number of ether oxygens (including phenoxy) is 1. The van der Waals surface area contributed by atoms with E-state index in [0.29, 0.717) is 11.3 Å². The number of alkyl halides is 3. The molecule has 0 saturated heterocycles. The molecule has 0 radical (unpaired) electrons. The highest BCUT2D eigenvalue weighted by Gasteiger charge is 2.31. The highest BCUT2D eigenvalue weighted by Crippen LogP contribution is 2.28. The maximum Gasteiger partial charge on any atom is 0.573 e.